The molecule has 0 unspecified atom stereocenters. The van der Waals surface area contributed by atoms with E-state index in [4.69, 9.17) is 0 Å². The number of alkyl halides is 3. The molecule has 2 rings (SSSR count). The van der Waals surface area contributed by atoms with Gasteiger partial charge in [-0.1, -0.05) is 0 Å². The average Bonchev–Trinajstić information content (AvgIpc) is 2.45. The largest absolute Gasteiger partial charge is 0.508 e. The van der Waals surface area contributed by atoms with Crippen LogP contribution in [0.25, 0.3) is 0 Å². The number of hydrogen-bond donors (Lipinski definition) is 2. The number of nitrogens with one attached hydrogen (secondary N) is 1. The van der Waals surface area contributed by atoms with Crippen molar-refractivity contribution in [3.05, 3.63) is 29.8 Å². The Morgan fingerprint density at radius 2 is 1.81 bits per heavy atom. The molecule has 1 aliphatic rings. The fraction of sp³-hybridized carbons (Fsp3) is 0.500. The summed E-state index contributed by atoms with van der Waals surface area (Å²) in [5, 5.41) is 12.3. The zero-order valence-electron chi connectivity index (χ0n) is 11.4. The lowest BCUT2D eigenvalue weighted by Crippen LogP contribution is -2.49. The fourth-order valence-electron chi connectivity index (χ4n) is 2.45. The van der Waals surface area contributed by atoms with Crippen LogP contribution in [-0.4, -0.2) is 47.8 Å². The number of nitrogens with zero attached hydrogens (tertiary/aromatic N) is 1. The van der Waals surface area contributed by atoms with Crippen molar-refractivity contribution in [3.63, 3.8) is 0 Å². The van der Waals surface area contributed by atoms with E-state index in [1.807, 2.05) is 0 Å². The molecule has 1 fully saturated rings. The van der Waals surface area contributed by atoms with Crippen LogP contribution in [0.2, 0.25) is 0 Å². The third kappa shape index (κ3) is 4.35. The van der Waals surface area contributed by atoms with Crippen LogP contribution in [0.15, 0.2) is 24.3 Å². The first-order chi connectivity index (χ1) is 9.87. The van der Waals surface area contributed by atoms with Crippen molar-refractivity contribution in [1.29, 1.82) is 0 Å². The van der Waals surface area contributed by atoms with Gasteiger partial charge in [0.25, 0.3) is 5.91 Å². The monoisotopic (exact) mass is 302 g/mol. The summed E-state index contributed by atoms with van der Waals surface area (Å²) >= 11 is 0. The predicted octanol–water partition coefficient (Wildman–Crippen LogP) is 2.15. The highest BCUT2D eigenvalue weighted by Crippen LogP contribution is 2.23. The molecule has 0 aromatic heterocycles. The molecule has 0 spiro atoms. The predicted molar refractivity (Wildman–Crippen MR) is 71.1 cm³/mol. The Hall–Kier alpha value is -1.76. The summed E-state index contributed by atoms with van der Waals surface area (Å²) in [6, 6.07) is 4.83. The van der Waals surface area contributed by atoms with Crippen molar-refractivity contribution in [1.82, 2.24) is 10.2 Å². The zero-order valence-corrected chi connectivity index (χ0v) is 11.4. The lowest BCUT2D eigenvalue weighted by Gasteiger charge is -2.35. The van der Waals surface area contributed by atoms with E-state index in [1.54, 1.807) is 0 Å². The van der Waals surface area contributed by atoms with Crippen molar-refractivity contribution in [2.24, 2.45) is 0 Å². The Labute approximate surface area is 120 Å². The molecule has 2 N–H and O–H groups in total. The third-order valence-electron chi connectivity index (χ3n) is 3.47. The molecule has 0 atom stereocenters. The normalized spacial score (nSPS) is 16.7. The Bertz CT molecular complexity index is 482. The van der Waals surface area contributed by atoms with Crippen molar-refractivity contribution < 1.29 is 23.1 Å². The molecule has 0 bridgehead atoms. The maximum atomic E-state index is 12.8. The highest BCUT2D eigenvalue weighted by atomic mass is 19.4. The number of hydrogen-bond acceptors (Lipinski definition) is 3. The van der Waals surface area contributed by atoms with Crippen LogP contribution in [0.5, 0.6) is 5.75 Å². The molecule has 1 heterocycles. The van der Waals surface area contributed by atoms with Crippen LogP contribution in [0, 0.1) is 0 Å². The molecular weight excluding hydrogens is 285 g/mol. The first-order valence-electron chi connectivity index (χ1n) is 6.74. The van der Waals surface area contributed by atoms with Gasteiger partial charge in [0.1, 0.15) is 12.3 Å². The molecule has 1 amide bonds. The average molecular weight is 302 g/mol. The van der Waals surface area contributed by atoms with Gasteiger partial charge in [-0.2, -0.15) is 13.2 Å². The maximum Gasteiger partial charge on any atom is 0.406 e. The van der Waals surface area contributed by atoms with Crippen LogP contribution in [0.4, 0.5) is 13.2 Å². The Morgan fingerprint density at radius 3 is 2.33 bits per heavy atom. The van der Waals surface area contributed by atoms with Gasteiger partial charge in [0.15, 0.2) is 0 Å². The van der Waals surface area contributed by atoms with Gasteiger partial charge >= 0.3 is 6.18 Å². The summed E-state index contributed by atoms with van der Waals surface area (Å²) in [6.07, 6.45) is -3.43. The molecule has 4 nitrogen and oxygen atoms in total. The van der Waals surface area contributed by atoms with Crippen LogP contribution in [0.3, 0.4) is 0 Å². The maximum absolute atomic E-state index is 12.8. The van der Waals surface area contributed by atoms with Gasteiger partial charge in [0.2, 0.25) is 0 Å². The summed E-state index contributed by atoms with van der Waals surface area (Å²) in [4.78, 5) is 13.3. The van der Waals surface area contributed by atoms with E-state index in [0.29, 0.717) is 25.9 Å². The summed E-state index contributed by atoms with van der Waals surface area (Å²) in [5.74, 6) is -0.685. The molecule has 0 saturated carbocycles. The minimum atomic E-state index is -4.43. The highest BCUT2D eigenvalue weighted by Gasteiger charge is 2.37. The van der Waals surface area contributed by atoms with Gasteiger partial charge in [0.05, 0.1) is 0 Å². The van der Waals surface area contributed by atoms with Gasteiger partial charge in [0, 0.05) is 11.6 Å². The molecule has 1 aromatic rings. The first kappa shape index (κ1) is 15.6. The first-order valence-corrected chi connectivity index (χ1v) is 6.74. The molecule has 1 saturated heterocycles. The quantitative estimate of drug-likeness (QED) is 0.899. The number of phenols is 1. The molecule has 21 heavy (non-hydrogen) atoms. The number of benzene rings is 1. The zero-order chi connectivity index (χ0) is 15.5. The van der Waals surface area contributed by atoms with Gasteiger partial charge in [-0.05, 0) is 50.2 Å². The van der Waals surface area contributed by atoms with Crippen LogP contribution in [-0.2, 0) is 0 Å². The van der Waals surface area contributed by atoms with E-state index in [1.165, 1.54) is 24.3 Å². The molecule has 1 aliphatic heterocycles. The van der Waals surface area contributed by atoms with Crippen molar-refractivity contribution in [3.8, 4) is 5.75 Å². The number of halogens is 3. The number of carbonyl (C=O) groups is 1. The van der Waals surface area contributed by atoms with E-state index in [2.05, 4.69) is 5.32 Å². The van der Waals surface area contributed by atoms with E-state index in [-0.39, 0.29) is 11.3 Å². The van der Waals surface area contributed by atoms with Gasteiger partial charge in [-0.3, -0.25) is 4.79 Å². The van der Waals surface area contributed by atoms with Gasteiger partial charge in [-0.25, -0.2) is 0 Å². The van der Waals surface area contributed by atoms with E-state index < -0.39 is 24.7 Å². The Morgan fingerprint density at radius 1 is 1.24 bits per heavy atom. The molecule has 0 radical (unpaired) electrons. The molecule has 0 aliphatic carbocycles. The number of aromatic hydroxyl groups is 1. The van der Waals surface area contributed by atoms with Gasteiger partial charge < -0.3 is 15.3 Å². The SMILES string of the molecule is O=C(c1ccc(O)cc1)N(CC(F)(F)F)C1CCNCC1. The summed E-state index contributed by atoms with van der Waals surface area (Å²) < 4.78 is 38.3. The van der Waals surface area contributed by atoms with E-state index in [9.17, 15) is 23.1 Å². The number of carbonyl (C=O) groups excluding carboxylic acids is 1. The molecular formula is C14H17F3N2O2. The lowest BCUT2D eigenvalue weighted by molar-refractivity contribution is -0.145. The number of piperidine rings is 1. The Kier molecular flexibility index (Phi) is 4.72. The molecule has 116 valence electrons. The van der Waals surface area contributed by atoms with E-state index >= 15 is 0 Å². The second-order valence-electron chi connectivity index (χ2n) is 5.08. The number of phenolic OH excluding ortho intramolecular Hbond substituents is 1. The number of rotatable bonds is 3. The van der Waals surface area contributed by atoms with Gasteiger partial charge in [-0.15, -0.1) is 0 Å². The van der Waals surface area contributed by atoms with Crippen LogP contribution < -0.4 is 5.32 Å². The summed E-state index contributed by atoms with van der Waals surface area (Å²) in [7, 11) is 0. The van der Waals surface area contributed by atoms with Crippen LogP contribution in [0.1, 0.15) is 23.2 Å². The summed E-state index contributed by atoms with van der Waals surface area (Å²) in [6.45, 7) is -0.0544. The standard InChI is InChI=1S/C14H17F3N2O2/c15-14(16,17)9-19(11-5-7-18-8-6-11)13(21)10-1-3-12(20)4-2-10/h1-4,11,18,20H,5-9H2. The lowest BCUT2D eigenvalue weighted by atomic mass is 10.0. The van der Waals surface area contributed by atoms with Crippen molar-refractivity contribution in [2.75, 3.05) is 19.6 Å². The third-order valence-corrected chi connectivity index (χ3v) is 3.47. The second-order valence-corrected chi connectivity index (χ2v) is 5.08. The highest BCUT2D eigenvalue weighted by molar-refractivity contribution is 5.94. The number of amides is 1. The minimum Gasteiger partial charge on any atom is -0.508 e. The van der Waals surface area contributed by atoms with Crippen molar-refractivity contribution >= 4 is 5.91 Å². The molecule has 1 aromatic carbocycles. The van der Waals surface area contributed by atoms with Crippen molar-refractivity contribution in [2.45, 2.75) is 25.1 Å². The van der Waals surface area contributed by atoms with Crippen LogP contribution >= 0.6 is 0 Å². The second kappa shape index (κ2) is 6.34. The topological polar surface area (TPSA) is 52.6 Å². The minimum absolute atomic E-state index is 0.0317. The Balaban J connectivity index is 2.20. The molecule has 7 heteroatoms. The van der Waals surface area contributed by atoms with E-state index in [0.717, 1.165) is 4.90 Å². The smallest absolute Gasteiger partial charge is 0.406 e. The summed E-state index contributed by atoms with van der Waals surface area (Å²) in [5.41, 5.74) is 0.149. The fourth-order valence-corrected chi connectivity index (χ4v) is 2.45.